The average molecular weight is 352 g/mol. The Bertz CT molecular complexity index is 904. The molecule has 0 saturated heterocycles. The third-order valence-corrected chi connectivity index (χ3v) is 4.46. The Labute approximate surface area is 153 Å². The summed E-state index contributed by atoms with van der Waals surface area (Å²) in [6.45, 7) is 4.76. The molecule has 1 atom stereocenters. The first kappa shape index (κ1) is 17.8. The molecule has 6 nitrogen and oxygen atoms in total. The van der Waals surface area contributed by atoms with E-state index >= 15 is 0 Å². The molecule has 26 heavy (non-hydrogen) atoms. The lowest BCUT2D eigenvalue weighted by Crippen LogP contribution is -2.39. The largest absolute Gasteiger partial charge is 0.492 e. The third-order valence-electron chi connectivity index (χ3n) is 4.46. The lowest BCUT2D eigenvalue weighted by atomic mass is 10.1. The zero-order chi connectivity index (χ0) is 18.5. The molecule has 1 heterocycles. The molecule has 0 aliphatic heterocycles. The molecule has 0 bridgehead atoms. The van der Waals surface area contributed by atoms with Gasteiger partial charge in [-0.25, -0.2) is 4.79 Å². The molecular formula is C20H24N4O2. The summed E-state index contributed by atoms with van der Waals surface area (Å²) in [7, 11) is 1.88. The van der Waals surface area contributed by atoms with Crippen LogP contribution in [0.2, 0.25) is 0 Å². The maximum absolute atomic E-state index is 12.0. The molecule has 0 aliphatic carbocycles. The van der Waals surface area contributed by atoms with Crippen LogP contribution in [0.4, 0.5) is 4.79 Å². The van der Waals surface area contributed by atoms with E-state index in [0.29, 0.717) is 13.2 Å². The molecule has 1 unspecified atom stereocenters. The molecule has 0 spiro atoms. The quantitative estimate of drug-likeness (QED) is 0.669. The van der Waals surface area contributed by atoms with Crippen molar-refractivity contribution in [2.75, 3.05) is 13.2 Å². The summed E-state index contributed by atoms with van der Waals surface area (Å²) < 4.78 is 7.52. The first-order valence-corrected chi connectivity index (χ1v) is 8.69. The van der Waals surface area contributed by atoms with Gasteiger partial charge in [0.2, 0.25) is 0 Å². The molecule has 136 valence electrons. The van der Waals surface area contributed by atoms with E-state index in [-0.39, 0.29) is 12.1 Å². The van der Waals surface area contributed by atoms with Crippen molar-refractivity contribution >= 4 is 16.8 Å². The normalized spacial score (nSPS) is 12.0. The molecule has 0 aliphatic rings. The second kappa shape index (κ2) is 7.91. The van der Waals surface area contributed by atoms with Gasteiger partial charge in [-0.1, -0.05) is 30.3 Å². The van der Waals surface area contributed by atoms with Crippen LogP contribution in [0.3, 0.4) is 0 Å². The lowest BCUT2D eigenvalue weighted by Gasteiger charge is -2.15. The number of benzene rings is 2. The van der Waals surface area contributed by atoms with Gasteiger partial charge in [-0.2, -0.15) is 5.10 Å². The van der Waals surface area contributed by atoms with Crippen LogP contribution in [-0.2, 0) is 7.05 Å². The summed E-state index contributed by atoms with van der Waals surface area (Å²) >= 11 is 0. The van der Waals surface area contributed by atoms with Gasteiger partial charge < -0.3 is 15.4 Å². The van der Waals surface area contributed by atoms with Gasteiger partial charge in [0.1, 0.15) is 12.4 Å². The van der Waals surface area contributed by atoms with Gasteiger partial charge in [0.05, 0.1) is 18.8 Å². The Morgan fingerprint density at radius 3 is 2.73 bits per heavy atom. The van der Waals surface area contributed by atoms with Crippen LogP contribution in [0.25, 0.3) is 10.8 Å². The van der Waals surface area contributed by atoms with E-state index in [0.717, 1.165) is 22.4 Å². The van der Waals surface area contributed by atoms with Gasteiger partial charge in [-0.05, 0) is 36.8 Å². The molecule has 2 amide bonds. The van der Waals surface area contributed by atoms with Gasteiger partial charge >= 0.3 is 6.03 Å². The fourth-order valence-corrected chi connectivity index (χ4v) is 2.86. The Morgan fingerprint density at radius 2 is 2.00 bits per heavy atom. The summed E-state index contributed by atoms with van der Waals surface area (Å²) in [6.07, 6.45) is 1.78. The topological polar surface area (TPSA) is 68.2 Å². The van der Waals surface area contributed by atoms with Gasteiger partial charge in [-0.3, -0.25) is 4.68 Å². The van der Waals surface area contributed by atoms with Gasteiger partial charge in [0, 0.05) is 18.3 Å². The summed E-state index contributed by atoms with van der Waals surface area (Å²) in [5.41, 5.74) is 2.05. The van der Waals surface area contributed by atoms with Crippen molar-refractivity contribution in [3.63, 3.8) is 0 Å². The standard InChI is InChI=1S/C20H24N4O2/c1-14(19-13-22-24(3)15(19)2)23-20(25)21-10-11-26-18-9-8-16-6-4-5-7-17(16)12-18/h4-9,12-14H,10-11H2,1-3H3,(H2,21,23,25). The number of hydrogen-bond acceptors (Lipinski definition) is 3. The number of aromatic nitrogens is 2. The molecule has 2 N–H and O–H groups in total. The van der Waals surface area contributed by atoms with Crippen molar-refractivity contribution < 1.29 is 9.53 Å². The van der Waals surface area contributed by atoms with Crippen molar-refractivity contribution in [2.24, 2.45) is 7.05 Å². The zero-order valence-electron chi connectivity index (χ0n) is 15.3. The highest BCUT2D eigenvalue weighted by molar-refractivity contribution is 5.83. The number of carbonyl (C=O) groups is 1. The monoisotopic (exact) mass is 352 g/mol. The van der Waals surface area contributed by atoms with Crippen molar-refractivity contribution in [3.8, 4) is 5.75 Å². The van der Waals surface area contributed by atoms with Crippen molar-refractivity contribution in [1.29, 1.82) is 0 Å². The summed E-state index contributed by atoms with van der Waals surface area (Å²) in [4.78, 5) is 12.0. The van der Waals surface area contributed by atoms with Crippen LogP contribution in [0.1, 0.15) is 24.2 Å². The number of urea groups is 1. The minimum Gasteiger partial charge on any atom is -0.492 e. The van der Waals surface area contributed by atoms with E-state index in [1.165, 1.54) is 5.39 Å². The second-order valence-electron chi connectivity index (χ2n) is 6.29. The van der Waals surface area contributed by atoms with Crippen LogP contribution in [0.15, 0.2) is 48.7 Å². The van der Waals surface area contributed by atoms with E-state index in [4.69, 9.17) is 4.74 Å². The van der Waals surface area contributed by atoms with E-state index in [1.54, 1.807) is 10.9 Å². The van der Waals surface area contributed by atoms with Crippen molar-refractivity contribution in [3.05, 3.63) is 59.9 Å². The Hall–Kier alpha value is -3.02. The number of nitrogens with zero attached hydrogens (tertiary/aromatic N) is 2. The minimum atomic E-state index is -0.220. The highest BCUT2D eigenvalue weighted by Crippen LogP contribution is 2.20. The molecule has 6 heteroatoms. The predicted molar refractivity (Wildman–Crippen MR) is 102 cm³/mol. The number of amides is 2. The predicted octanol–water partition coefficient (Wildman–Crippen LogP) is 3.32. The number of nitrogens with one attached hydrogen (secondary N) is 2. The van der Waals surface area contributed by atoms with Crippen molar-refractivity contribution in [2.45, 2.75) is 19.9 Å². The first-order valence-electron chi connectivity index (χ1n) is 8.69. The molecular weight excluding hydrogens is 328 g/mol. The molecule has 1 aromatic heterocycles. The van der Waals surface area contributed by atoms with Crippen LogP contribution in [0.5, 0.6) is 5.75 Å². The smallest absolute Gasteiger partial charge is 0.315 e. The van der Waals surface area contributed by atoms with Crippen molar-refractivity contribution in [1.82, 2.24) is 20.4 Å². The van der Waals surface area contributed by atoms with Gasteiger partial charge in [-0.15, -0.1) is 0 Å². The minimum absolute atomic E-state index is 0.106. The molecule has 2 aromatic carbocycles. The maximum atomic E-state index is 12.0. The third kappa shape index (κ3) is 4.14. The summed E-state index contributed by atoms with van der Waals surface area (Å²) in [5, 5.41) is 12.2. The van der Waals surface area contributed by atoms with Gasteiger partial charge in [0.15, 0.2) is 0 Å². The van der Waals surface area contributed by atoms with E-state index < -0.39 is 0 Å². The zero-order valence-corrected chi connectivity index (χ0v) is 15.3. The average Bonchev–Trinajstić information content (AvgIpc) is 2.97. The number of carbonyl (C=O) groups excluding carboxylic acids is 1. The van der Waals surface area contributed by atoms with Crippen LogP contribution in [-0.4, -0.2) is 29.0 Å². The van der Waals surface area contributed by atoms with Crippen LogP contribution < -0.4 is 15.4 Å². The molecule has 3 aromatic rings. The molecule has 0 fully saturated rings. The number of fused-ring (bicyclic) bond motifs is 1. The fourth-order valence-electron chi connectivity index (χ4n) is 2.86. The first-order chi connectivity index (χ1) is 12.5. The SMILES string of the molecule is Cc1c(C(C)NC(=O)NCCOc2ccc3ccccc3c2)cnn1C. The summed E-state index contributed by atoms with van der Waals surface area (Å²) in [6, 6.07) is 13.8. The van der Waals surface area contributed by atoms with E-state index in [9.17, 15) is 4.79 Å². The van der Waals surface area contributed by atoms with E-state index in [2.05, 4.69) is 27.9 Å². The number of hydrogen-bond donors (Lipinski definition) is 2. The number of ether oxygens (including phenoxy) is 1. The van der Waals surface area contributed by atoms with E-state index in [1.807, 2.05) is 51.2 Å². The summed E-state index contributed by atoms with van der Waals surface area (Å²) in [5.74, 6) is 0.797. The molecule has 3 rings (SSSR count). The highest BCUT2D eigenvalue weighted by atomic mass is 16.5. The van der Waals surface area contributed by atoms with Crippen LogP contribution >= 0.6 is 0 Å². The Kier molecular flexibility index (Phi) is 5.41. The fraction of sp³-hybridized carbons (Fsp3) is 0.300. The lowest BCUT2D eigenvalue weighted by molar-refractivity contribution is 0.233. The number of aryl methyl sites for hydroxylation is 1. The molecule has 0 saturated carbocycles. The second-order valence-corrected chi connectivity index (χ2v) is 6.29. The number of rotatable bonds is 6. The molecule has 0 radical (unpaired) electrons. The van der Waals surface area contributed by atoms with Crippen LogP contribution in [0, 0.1) is 6.92 Å². The Balaban J connectivity index is 1.44. The highest BCUT2D eigenvalue weighted by Gasteiger charge is 2.14. The maximum Gasteiger partial charge on any atom is 0.315 e. The van der Waals surface area contributed by atoms with Gasteiger partial charge in [0.25, 0.3) is 0 Å². The Morgan fingerprint density at radius 1 is 1.23 bits per heavy atom.